The van der Waals surface area contributed by atoms with Crippen molar-refractivity contribution in [1.29, 1.82) is 0 Å². The molecule has 1 saturated heterocycles. The van der Waals surface area contributed by atoms with Gasteiger partial charge in [0.1, 0.15) is 0 Å². The molecule has 1 heterocycles. The maximum atomic E-state index is 2.86. The summed E-state index contributed by atoms with van der Waals surface area (Å²) in [4.78, 5) is 2.86. The molecular formula is C43H33N. The predicted octanol–water partition coefficient (Wildman–Crippen LogP) is 5.15. The number of allylic oxidation sites excluding steroid dienone is 2. The van der Waals surface area contributed by atoms with E-state index in [-0.39, 0.29) is 0 Å². The lowest BCUT2D eigenvalue weighted by Crippen LogP contribution is -2.60. The highest BCUT2D eigenvalue weighted by Gasteiger charge is 2.76. The topological polar surface area (TPSA) is 3.24 Å². The third-order valence-corrected chi connectivity index (χ3v) is 18.2. The zero-order valence-corrected chi connectivity index (χ0v) is 25.3. The Morgan fingerprint density at radius 1 is 0.591 bits per heavy atom. The fourth-order valence-corrected chi connectivity index (χ4v) is 18.2. The minimum absolute atomic E-state index is 0.314. The van der Waals surface area contributed by atoms with Crippen LogP contribution in [0.4, 0.5) is 0 Å². The molecule has 1 nitrogen and oxygen atoms in total. The van der Waals surface area contributed by atoms with Crippen molar-refractivity contribution >= 4 is 33.1 Å². The van der Waals surface area contributed by atoms with Crippen molar-refractivity contribution in [2.75, 3.05) is 20.1 Å². The molecule has 1 aliphatic heterocycles. The quantitative estimate of drug-likeness (QED) is 0.268. The van der Waals surface area contributed by atoms with Gasteiger partial charge in [0.05, 0.1) is 0 Å². The van der Waals surface area contributed by atoms with E-state index in [0.29, 0.717) is 16.7 Å². The molecule has 3 aromatic carbocycles. The van der Waals surface area contributed by atoms with Crippen molar-refractivity contribution in [2.24, 2.45) is 23.7 Å². The lowest BCUT2D eigenvalue weighted by molar-refractivity contribution is 0.118. The monoisotopic (exact) mass is 563 g/mol. The molecule has 210 valence electrons. The first kappa shape index (κ1) is 20.3. The van der Waals surface area contributed by atoms with Crippen LogP contribution in [0.1, 0.15) is 108 Å². The van der Waals surface area contributed by atoms with E-state index in [0.717, 1.165) is 41.4 Å². The van der Waals surface area contributed by atoms with Gasteiger partial charge in [-0.25, -0.2) is 0 Å². The molecule has 1 heteroatoms. The second-order valence-corrected chi connectivity index (χ2v) is 18.3. The Balaban J connectivity index is 1.30. The molecule has 14 aliphatic rings. The Labute approximate surface area is 255 Å². The Morgan fingerprint density at radius 3 is 2.18 bits per heavy atom. The van der Waals surface area contributed by atoms with Crippen molar-refractivity contribution in [1.82, 2.24) is 4.90 Å². The van der Waals surface area contributed by atoms with Crippen LogP contribution < -0.4 is 20.9 Å². The van der Waals surface area contributed by atoms with Gasteiger partial charge in [-0.05, 0) is 175 Å². The highest BCUT2D eigenvalue weighted by atomic mass is 15.2. The van der Waals surface area contributed by atoms with Crippen molar-refractivity contribution in [3.05, 3.63) is 66.4 Å². The Bertz CT molecular complexity index is 2650. The molecule has 10 atom stereocenters. The largest absolute Gasteiger partial charge is 0.304 e. The van der Waals surface area contributed by atoms with Crippen LogP contribution in [-0.4, -0.2) is 25.0 Å². The summed E-state index contributed by atoms with van der Waals surface area (Å²) < 4.78 is 0. The highest BCUT2D eigenvalue weighted by Crippen LogP contribution is 2.79. The van der Waals surface area contributed by atoms with E-state index in [4.69, 9.17) is 0 Å². The van der Waals surface area contributed by atoms with E-state index in [1.54, 1.807) is 0 Å². The zero-order chi connectivity index (χ0) is 27.2. The van der Waals surface area contributed by atoms with Gasteiger partial charge in [-0.2, -0.15) is 0 Å². The first-order valence-corrected chi connectivity index (χ1v) is 18.6. The Morgan fingerprint density at radius 2 is 1.34 bits per heavy atom. The van der Waals surface area contributed by atoms with Gasteiger partial charge < -0.3 is 4.90 Å². The van der Waals surface area contributed by atoms with E-state index in [2.05, 4.69) is 24.1 Å². The van der Waals surface area contributed by atoms with Gasteiger partial charge in [0.2, 0.25) is 0 Å². The van der Waals surface area contributed by atoms with Gasteiger partial charge in [0.15, 0.2) is 0 Å². The van der Waals surface area contributed by atoms with Crippen molar-refractivity contribution < 1.29 is 0 Å². The van der Waals surface area contributed by atoms with Crippen LogP contribution in [0.5, 0.6) is 0 Å². The Hall–Kier alpha value is -2.90. The first-order chi connectivity index (χ1) is 21.8. The van der Waals surface area contributed by atoms with Gasteiger partial charge in [0, 0.05) is 41.7 Å². The van der Waals surface area contributed by atoms with Gasteiger partial charge >= 0.3 is 0 Å². The van der Waals surface area contributed by atoms with Gasteiger partial charge in [-0.3, -0.25) is 0 Å². The average Bonchev–Trinajstić information content (AvgIpc) is 3.86. The van der Waals surface area contributed by atoms with Crippen molar-refractivity contribution in [2.45, 2.75) is 85.9 Å². The molecule has 3 aromatic rings. The molecule has 2 spiro atoms. The number of likely N-dealkylation sites (N-methyl/N-ethyl adjacent to an activating group) is 1. The molecule has 0 bridgehead atoms. The van der Waals surface area contributed by atoms with Crippen LogP contribution in [0.15, 0.2) is 12.2 Å². The standard InChI is InChI=1S/C43H33N/c1-44-12-42-22-10-11-23-21-9-7-19-17-5-3-15-14-2-4-16-18-6-8-20(22)30-28(18)33-26(16)24(14)32-25(15)27(17)34-29(19)31(21)41(43(23,42)13-44)39-37(34)35(32)36(33)38(39)40(30)42/h2,4,14-17,22-24,26H,3,5-13H2,1H3. The fourth-order valence-electron chi connectivity index (χ4n) is 18.2. The van der Waals surface area contributed by atoms with Crippen LogP contribution in [0.3, 0.4) is 0 Å². The summed E-state index contributed by atoms with van der Waals surface area (Å²) in [5, 5.41) is 11.2. The van der Waals surface area contributed by atoms with Crippen LogP contribution in [0.25, 0.3) is 55.3 Å². The van der Waals surface area contributed by atoms with Crippen LogP contribution in [0, 0.1) is 23.7 Å². The molecule has 10 unspecified atom stereocenters. The number of hydrogen-bond donors (Lipinski definition) is 0. The van der Waals surface area contributed by atoms with Gasteiger partial charge in [-0.1, -0.05) is 34.4 Å². The van der Waals surface area contributed by atoms with E-state index in [1.807, 2.05) is 110 Å². The maximum absolute atomic E-state index is 2.86. The second kappa shape index (κ2) is 5.25. The molecule has 0 radical (unpaired) electrons. The summed E-state index contributed by atoms with van der Waals surface area (Å²) in [7, 11) is 2.52. The summed E-state index contributed by atoms with van der Waals surface area (Å²) >= 11 is 0. The van der Waals surface area contributed by atoms with E-state index in [9.17, 15) is 0 Å². The lowest BCUT2D eigenvalue weighted by atomic mass is 9.44. The van der Waals surface area contributed by atoms with E-state index in [1.165, 1.54) is 64.5 Å². The van der Waals surface area contributed by atoms with Gasteiger partial charge in [-0.15, -0.1) is 0 Å². The third-order valence-electron chi connectivity index (χ3n) is 18.2. The summed E-state index contributed by atoms with van der Waals surface area (Å²) in [6.45, 7) is 2.62. The zero-order valence-electron chi connectivity index (χ0n) is 25.3. The minimum Gasteiger partial charge on any atom is -0.304 e. The maximum Gasteiger partial charge on any atom is 0.0273 e. The highest BCUT2D eigenvalue weighted by molar-refractivity contribution is 6.24. The van der Waals surface area contributed by atoms with Crippen LogP contribution in [0.2, 0.25) is 0 Å². The minimum atomic E-state index is 0.314. The van der Waals surface area contributed by atoms with Gasteiger partial charge in [0.25, 0.3) is 0 Å². The summed E-state index contributed by atoms with van der Waals surface area (Å²) in [6, 6.07) is 0. The smallest absolute Gasteiger partial charge is 0.0273 e. The predicted molar refractivity (Wildman–Crippen MR) is 172 cm³/mol. The SMILES string of the molecule is CN1CC23c4c5c6c7c8c4=C4CCC=8C8C=CC9C%10CCC%11C%12=c%13c%14c(c-5c5c-6c(c%10c%11c%135)C9C78)C2(C1)C(CCC43)C=%14CC%12. The molecule has 17 rings (SSSR count). The fraction of sp³-hybridized carbons (Fsp3) is 0.488. The normalized spacial score (nSPS) is 45.7. The molecule has 0 aromatic heterocycles. The molecule has 0 amide bonds. The molecule has 2 fully saturated rings. The second-order valence-electron chi connectivity index (χ2n) is 18.3. The first-order valence-electron chi connectivity index (χ1n) is 18.6. The Kier molecular flexibility index (Phi) is 2.42. The number of rotatable bonds is 0. The number of likely N-dealkylation sites (tertiary alicyclic amines) is 1. The average molecular weight is 564 g/mol. The lowest BCUT2D eigenvalue weighted by Gasteiger charge is -2.57. The molecular weight excluding hydrogens is 530 g/mol. The van der Waals surface area contributed by atoms with Crippen molar-refractivity contribution in [3.8, 4) is 22.3 Å². The number of benzene rings is 3. The molecule has 13 aliphatic carbocycles. The number of nitrogens with zero attached hydrogens (tertiary/aromatic N) is 1. The van der Waals surface area contributed by atoms with Crippen molar-refractivity contribution in [3.63, 3.8) is 0 Å². The van der Waals surface area contributed by atoms with Crippen LogP contribution in [-0.2, 0) is 10.8 Å². The van der Waals surface area contributed by atoms with E-state index < -0.39 is 0 Å². The van der Waals surface area contributed by atoms with Crippen LogP contribution >= 0.6 is 0 Å². The molecule has 1 saturated carbocycles. The number of fused-ring (bicyclic) bond motifs is 5. The summed E-state index contributed by atoms with van der Waals surface area (Å²) in [6.07, 6.45) is 16.8. The summed E-state index contributed by atoms with van der Waals surface area (Å²) in [5.41, 5.74) is 27.4. The number of hydrogen-bond acceptors (Lipinski definition) is 1. The summed E-state index contributed by atoms with van der Waals surface area (Å²) in [5.74, 6) is 6.00. The molecule has 0 N–H and O–H groups in total. The van der Waals surface area contributed by atoms with E-state index >= 15 is 0 Å². The third kappa shape index (κ3) is 1.35. The molecule has 44 heavy (non-hydrogen) atoms.